The maximum atomic E-state index is 13.6. The Morgan fingerprint density at radius 2 is 2.19 bits per heavy atom. The van der Waals surface area contributed by atoms with Gasteiger partial charge in [-0.15, -0.1) is 0 Å². The highest BCUT2D eigenvalue weighted by Crippen LogP contribution is 2.40. The van der Waals surface area contributed by atoms with E-state index >= 15 is 0 Å². The van der Waals surface area contributed by atoms with E-state index in [1.54, 1.807) is 12.1 Å². The van der Waals surface area contributed by atoms with Crippen LogP contribution in [0.1, 0.15) is 24.5 Å². The number of nitrogens with zero attached hydrogens (tertiary/aromatic N) is 1. The number of rotatable bonds is 2. The fourth-order valence-corrected chi connectivity index (χ4v) is 2.07. The minimum atomic E-state index is -0.332. The van der Waals surface area contributed by atoms with Crippen LogP contribution < -0.4 is 0 Å². The van der Waals surface area contributed by atoms with Crippen LogP contribution in [0, 0.1) is 5.82 Å². The summed E-state index contributed by atoms with van der Waals surface area (Å²) in [5.41, 5.74) is 2.05. The summed E-state index contributed by atoms with van der Waals surface area (Å²) in [4.78, 5) is 0. The van der Waals surface area contributed by atoms with Gasteiger partial charge in [0, 0.05) is 11.6 Å². The first-order chi connectivity index (χ1) is 7.75. The zero-order valence-corrected chi connectivity index (χ0v) is 9.26. The van der Waals surface area contributed by atoms with Gasteiger partial charge < -0.3 is 0 Å². The van der Waals surface area contributed by atoms with Crippen LogP contribution in [0.3, 0.4) is 0 Å². The van der Waals surface area contributed by atoms with E-state index in [1.165, 1.54) is 18.9 Å². The van der Waals surface area contributed by atoms with Crippen LogP contribution in [0.15, 0.2) is 24.3 Å². The molecule has 1 aromatic heterocycles. The Hall–Kier alpha value is -1.35. The van der Waals surface area contributed by atoms with Crippen LogP contribution in [-0.4, -0.2) is 10.2 Å². The molecule has 0 unspecified atom stereocenters. The summed E-state index contributed by atoms with van der Waals surface area (Å²) in [6.45, 7) is 0. The molecule has 2 aromatic rings. The number of aromatic nitrogens is 2. The Balaban J connectivity index is 2.06. The summed E-state index contributed by atoms with van der Waals surface area (Å²) in [7, 11) is 0. The summed E-state index contributed by atoms with van der Waals surface area (Å²) in [6, 6.07) is 6.55. The topological polar surface area (TPSA) is 28.7 Å². The van der Waals surface area contributed by atoms with Crippen molar-refractivity contribution in [3.63, 3.8) is 0 Å². The molecular formula is C12H10ClFN2. The van der Waals surface area contributed by atoms with Crippen molar-refractivity contribution in [2.24, 2.45) is 0 Å². The molecule has 0 aliphatic heterocycles. The van der Waals surface area contributed by atoms with Crippen molar-refractivity contribution in [2.45, 2.75) is 18.8 Å². The van der Waals surface area contributed by atoms with Gasteiger partial charge in [-0.05, 0) is 31.0 Å². The lowest BCUT2D eigenvalue weighted by atomic mass is 10.1. The van der Waals surface area contributed by atoms with Crippen LogP contribution >= 0.6 is 11.6 Å². The molecule has 1 saturated carbocycles. The van der Waals surface area contributed by atoms with Crippen molar-refractivity contribution in [1.82, 2.24) is 10.2 Å². The van der Waals surface area contributed by atoms with E-state index in [2.05, 4.69) is 10.2 Å². The molecule has 1 fully saturated rings. The van der Waals surface area contributed by atoms with Gasteiger partial charge in [-0.25, -0.2) is 4.39 Å². The van der Waals surface area contributed by atoms with E-state index in [0.717, 1.165) is 5.69 Å². The van der Waals surface area contributed by atoms with E-state index in [-0.39, 0.29) is 5.82 Å². The molecule has 2 nitrogen and oxygen atoms in total. The fraction of sp³-hybridized carbons (Fsp3) is 0.250. The maximum Gasteiger partial charge on any atom is 0.134 e. The molecule has 1 heterocycles. The number of hydrogen-bond acceptors (Lipinski definition) is 1. The van der Waals surface area contributed by atoms with E-state index in [1.807, 2.05) is 6.07 Å². The fourth-order valence-electron chi connectivity index (χ4n) is 1.81. The molecule has 0 atom stereocenters. The molecular weight excluding hydrogens is 227 g/mol. The Kier molecular flexibility index (Phi) is 2.21. The third-order valence-corrected chi connectivity index (χ3v) is 3.15. The van der Waals surface area contributed by atoms with E-state index in [4.69, 9.17) is 11.6 Å². The number of nitrogens with one attached hydrogen (secondary N) is 1. The number of H-pyrrole nitrogens is 1. The smallest absolute Gasteiger partial charge is 0.134 e. The molecule has 1 aromatic carbocycles. The molecule has 0 radical (unpaired) electrons. The number of aromatic amines is 1. The third-order valence-electron chi connectivity index (χ3n) is 2.83. The number of hydrogen-bond donors (Lipinski definition) is 1. The van der Waals surface area contributed by atoms with Gasteiger partial charge in [-0.1, -0.05) is 17.7 Å². The normalized spacial score (nSPS) is 15.4. The molecule has 0 bridgehead atoms. The second-order valence-corrected chi connectivity index (χ2v) is 4.49. The molecule has 0 amide bonds. The van der Waals surface area contributed by atoms with Crippen LogP contribution in [-0.2, 0) is 0 Å². The van der Waals surface area contributed by atoms with Gasteiger partial charge in [0.2, 0.25) is 0 Å². The average molecular weight is 237 g/mol. The Morgan fingerprint density at radius 1 is 1.38 bits per heavy atom. The second kappa shape index (κ2) is 3.59. The lowest BCUT2D eigenvalue weighted by Crippen LogP contribution is -1.85. The molecule has 82 valence electrons. The second-order valence-electron chi connectivity index (χ2n) is 4.08. The molecule has 1 aliphatic rings. The summed E-state index contributed by atoms with van der Waals surface area (Å²) in [5.74, 6) is 0.244. The van der Waals surface area contributed by atoms with Crippen molar-refractivity contribution < 1.29 is 4.39 Å². The summed E-state index contributed by atoms with van der Waals surface area (Å²) in [6.07, 6.45) is 2.37. The minimum absolute atomic E-state index is 0.332. The SMILES string of the molecule is Fc1cccc(Cl)c1-c1cc(C2CC2)[nH]n1. The predicted octanol–water partition coefficient (Wildman–Crippen LogP) is 3.75. The summed E-state index contributed by atoms with van der Waals surface area (Å²) < 4.78 is 13.6. The van der Waals surface area contributed by atoms with Gasteiger partial charge in [0.1, 0.15) is 5.82 Å². The average Bonchev–Trinajstić information content (AvgIpc) is 2.99. The summed E-state index contributed by atoms with van der Waals surface area (Å²) in [5, 5.41) is 7.46. The van der Waals surface area contributed by atoms with Gasteiger partial charge in [0.15, 0.2) is 0 Å². The standard InChI is InChI=1S/C12H10ClFN2/c13-8-2-1-3-9(14)12(8)11-6-10(15-16-11)7-4-5-7/h1-3,6-7H,4-5H2,(H,15,16). The zero-order chi connectivity index (χ0) is 11.1. The third kappa shape index (κ3) is 1.61. The Morgan fingerprint density at radius 3 is 2.88 bits per heavy atom. The van der Waals surface area contributed by atoms with Crippen LogP contribution in [0.5, 0.6) is 0 Å². The first kappa shape index (κ1) is 9.85. The van der Waals surface area contributed by atoms with Gasteiger partial charge >= 0.3 is 0 Å². The molecule has 0 saturated heterocycles. The highest BCUT2D eigenvalue weighted by atomic mass is 35.5. The van der Waals surface area contributed by atoms with Crippen LogP contribution in [0.2, 0.25) is 5.02 Å². The van der Waals surface area contributed by atoms with E-state index in [9.17, 15) is 4.39 Å². The first-order valence-corrected chi connectivity index (χ1v) is 5.63. The largest absolute Gasteiger partial charge is 0.282 e. The van der Waals surface area contributed by atoms with E-state index in [0.29, 0.717) is 22.2 Å². The minimum Gasteiger partial charge on any atom is -0.282 e. The molecule has 3 rings (SSSR count). The Bertz CT molecular complexity index is 511. The first-order valence-electron chi connectivity index (χ1n) is 5.25. The van der Waals surface area contributed by atoms with Crippen molar-refractivity contribution in [3.05, 3.63) is 40.8 Å². The number of halogens is 2. The van der Waals surface area contributed by atoms with Gasteiger partial charge in [0.25, 0.3) is 0 Å². The quantitative estimate of drug-likeness (QED) is 0.845. The van der Waals surface area contributed by atoms with Crippen molar-refractivity contribution in [2.75, 3.05) is 0 Å². The maximum absolute atomic E-state index is 13.6. The Labute approximate surface area is 97.4 Å². The molecule has 16 heavy (non-hydrogen) atoms. The van der Waals surface area contributed by atoms with Crippen molar-refractivity contribution in [3.8, 4) is 11.3 Å². The van der Waals surface area contributed by atoms with Crippen molar-refractivity contribution in [1.29, 1.82) is 0 Å². The lowest BCUT2D eigenvalue weighted by molar-refractivity contribution is 0.630. The van der Waals surface area contributed by atoms with Gasteiger partial charge in [0.05, 0.1) is 16.3 Å². The summed E-state index contributed by atoms with van der Waals surface area (Å²) >= 11 is 5.97. The molecule has 4 heteroatoms. The highest BCUT2D eigenvalue weighted by molar-refractivity contribution is 6.33. The zero-order valence-electron chi connectivity index (χ0n) is 8.50. The van der Waals surface area contributed by atoms with Crippen LogP contribution in [0.4, 0.5) is 4.39 Å². The predicted molar refractivity (Wildman–Crippen MR) is 61.0 cm³/mol. The molecule has 1 N–H and O–H groups in total. The van der Waals surface area contributed by atoms with Crippen molar-refractivity contribution >= 4 is 11.6 Å². The highest BCUT2D eigenvalue weighted by Gasteiger charge is 2.26. The van der Waals surface area contributed by atoms with E-state index < -0.39 is 0 Å². The molecule has 1 aliphatic carbocycles. The van der Waals surface area contributed by atoms with Gasteiger partial charge in [-0.2, -0.15) is 5.10 Å². The molecule has 0 spiro atoms. The number of benzene rings is 1. The van der Waals surface area contributed by atoms with Gasteiger partial charge in [-0.3, -0.25) is 5.10 Å². The van der Waals surface area contributed by atoms with Crippen LogP contribution in [0.25, 0.3) is 11.3 Å². The monoisotopic (exact) mass is 236 g/mol. The lowest BCUT2D eigenvalue weighted by Gasteiger charge is -2.00.